The standard InChI is InChI=1S/C11H14F3NO/c1-8-3-2-4-9(5-8)10(6-16)15-7-11(12,13)14/h2-5,10,15-16H,6-7H2,1H3. The fraction of sp³-hybridized carbons (Fsp3) is 0.455. The van der Waals surface area contributed by atoms with Gasteiger partial charge in [-0.25, -0.2) is 0 Å². The van der Waals surface area contributed by atoms with Gasteiger partial charge in [-0.3, -0.25) is 5.32 Å². The van der Waals surface area contributed by atoms with Crippen LogP contribution in [0.3, 0.4) is 0 Å². The first-order chi connectivity index (χ1) is 7.42. The van der Waals surface area contributed by atoms with Gasteiger partial charge in [-0.05, 0) is 12.5 Å². The first-order valence-corrected chi connectivity index (χ1v) is 4.90. The van der Waals surface area contributed by atoms with E-state index >= 15 is 0 Å². The fourth-order valence-corrected chi connectivity index (χ4v) is 1.41. The fourth-order valence-electron chi connectivity index (χ4n) is 1.41. The lowest BCUT2D eigenvalue weighted by Gasteiger charge is -2.18. The molecule has 0 spiro atoms. The summed E-state index contributed by atoms with van der Waals surface area (Å²) in [6, 6.07) is 6.37. The van der Waals surface area contributed by atoms with Crippen LogP contribution in [0.2, 0.25) is 0 Å². The zero-order valence-electron chi connectivity index (χ0n) is 8.88. The minimum absolute atomic E-state index is 0.362. The van der Waals surface area contributed by atoms with Crippen molar-refractivity contribution in [2.45, 2.75) is 19.1 Å². The van der Waals surface area contributed by atoms with E-state index in [1.807, 2.05) is 13.0 Å². The second-order valence-corrected chi connectivity index (χ2v) is 3.65. The van der Waals surface area contributed by atoms with Crippen molar-refractivity contribution in [3.8, 4) is 0 Å². The van der Waals surface area contributed by atoms with Crippen molar-refractivity contribution in [1.29, 1.82) is 0 Å². The summed E-state index contributed by atoms with van der Waals surface area (Å²) in [5.41, 5.74) is 1.61. The topological polar surface area (TPSA) is 32.3 Å². The number of benzene rings is 1. The van der Waals surface area contributed by atoms with Gasteiger partial charge in [0.2, 0.25) is 0 Å². The van der Waals surface area contributed by atoms with Crippen molar-refractivity contribution in [2.75, 3.05) is 13.2 Å². The normalized spacial score (nSPS) is 13.8. The quantitative estimate of drug-likeness (QED) is 0.835. The molecule has 0 fully saturated rings. The molecule has 90 valence electrons. The Morgan fingerprint density at radius 2 is 2.06 bits per heavy atom. The summed E-state index contributed by atoms with van der Waals surface area (Å²) in [7, 11) is 0. The van der Waals surface area contributed by atoms with Gasteiger partial charge in [-0.15, -0.1) is 0 Å². The van der Waals surface area contributed by atoms with Gasteiger partial charge < -0.3 is 5.11 Å². The first kappa shape index (κ1) is 13.0. The molecule has 16 heavy (non-hydrogen) atoms. The van der Waals surface area contributed by atoms with Gasteiger partial charge in [-0.1, -0.05) is 29.8 Å². The Morgan fingerprint density at radius 1 is 1.38 bits per heavy atom. The molecule has 1 atom stereocenters. The molecular formula is C11H14F3NO. The Bertz CT molecular complexity index is 338. The second kappa shape index (κ2) is 5.32. The van der Waals surface area contributed by atoms with Crippen LogP contribution in [-0.4, -0.2) is 24.4 Å². The molecular weight excluding hydrogens is 219 g/mol. The summed E-state index contributed by atoms with van der Waals surface area (Å²) in [6.45, 7) is 0.382. The Hall–Kier alpha value is -1.07. The number of nitrogens with one attached hydrogen (secondary N) is 1. The summed E-state index contributed by atoms with van der Waals surface area (Å²) < 4.78 is 36.0. The number of aliphatic hydroxyl groups excluding tert-OH is 1. The molecule has 2 nitrogen and oxygen atoms in total. The second-order valence-electron chi connectivity index (χ2n) is 3.65. The van der Waals surface area contributed by atoms with E-state index in [2.05, 4.69) is 5.32 Å². The van der Waals surface area contributed by atoms with Gasteiger partial charge in [0.05, 0.1) is 19.2 Å². The van der Waals surface area contributed by atoms with Gasteiger partial charge in [-0.2, -0.15) is 13.2 Å². The van der Waals surface area contributed by atoms with E-state index in [0.717, 1.165) is 5.56 Å². The van der Waals surface area contributed by atoms with Gasteiger partial charge in [0, 0.05) is 0 Å². The highest BCUT2D eigenvalue weighted by atomic mass is 19.4. The van der Waals surface area contributed by atoms with Gasteiger partial charge in [0.25, 0.3) is 0 Å². The van der Waals surface area contributed by atoms with Crippen LogP contribution in [0.1, 0.15) is 17.2 Å². The van der Waals surface area contributed by atoms with E-state index in [0.29, 0.717) is 5.56 Å². The largest absolute Gasteiger partial charge is 0.401 e. The van der Waals surface area contributed by atoms with Gasteiger partial charge in [0.1, 0.15) is 0 Å². The van der Waals surface area contributed by atoms with E-state index < -0.39 is 18.8 Å². The highest BCUT2D eigenvalue weighted by Crippen LogP contribution is 2.18. The number of aryl methyl sites for hydroxylation is 1. The van der Waals surface area contributed by atoms with Crippen molar-refractivity contribution < 1.29 is 18.3 Å². The van der Waals surface area contributed by atoms with Crippen LogP contribution in [0, 0.1) is 6.92 Å². The molecule has 0 saturated carbocycles. The number of hydrogen-bond donors (Lipinski definition) is 2. The maximum absolute atomic E-state index is 12.0. The molecule has 0 aliphatic heterocycles. The molecule has 0 radical (unpaired) electrons. The Labute approximate surface area is 92.1 Å². The smallest absolute Gasteiger partial charge is 0.394 e. The third kappa shape index (κ3) is 4.20. The summed E-state index contributed by atoms with van der Waals surface area (Å²) in [5, 5.41) is 11.3. The zero-order valence-corrected chi connectivity index (χ0v) is 8.88. The summed E-state index contributed by atoms with van der Waals surface area (Å²) >= 11 is 0. The molecule has 0 aliphatic rings. The molecule has 1 aromatic carbocycles. The molecule has 0 heterocycles. The number of rotatable bonds is 4. The average molecular weight is 233 g/mol. The minimum atomic E-state index is -4.27. The van der Waals surface area contributed by atoms with Gasteiger partial charge >= 0.3 is 6.18 Å². The maximum Gasteiger partial charge on any atom is 0.401 e. The third-order valence-electron chi connectivity index (χ3n) is 2.18. The van der Waals surface area contributed by atoms with Crippen molar-refractivity contribution in [2.24, 2.45) is 0 Å². The lowest BCUT2D eigenvalue weighted by molar-refractivity contribution is -0.126. The monoisotopic (exact) mass is 233 g/mol. The Kier molecular flexibility index (Phi) is 4.32. The number of halogens is 3. The van der Waals surface area contributed by atoms with Crippen molar-refractivity contribution >= 4 is 0 Å². The highest BCUT2D eigenvalue weighted by Gasteiger charge is 2.28. The van der Waals surface area contributed by atoms with Crippen LogP contribution < -0.4 is 5.32 Å². The molecule has 0 aliphatic carbocycles. The van der Waals surface area contributed by atoms with E-state index in [-0.39, 0.29) is 6.61 Å². The summed E-state index contributed by atoms with van der Waals surface area (Å²) in [5.74, 6) is 0. The molecule has 1 aromatic rings. The van der Waals surface area contributed by atoms with E-state index in [4.69, 9.17) is 5.11 Å². The molecule has 1 rings (SSSR count). The number of alkyl halides is 3. The molecule has 0 bridgehead atoms. The number of aliphatic hydroxyl groups is 1. The van der Waals surface area contributed by atoms with E-state index in [1.165, 1.54) is 0 Å². The van der Waals surface area contributed by atoms with E-state index in [9.17, 15) is 13.2 Å². The molecule has 5 heteroatoms. The predicted octanol–water partition coefficient (Wildman–Crippen LogP) is 2.18. The van der Waals surface area contributed by atoms with Crippen LogP contribution in [0.25, 0.3) is 0 Å². The molecule has 2 N–H and O–H groups in total. The van der Waals surface area contributed by atoms with Crippen LogP contribution >= 0.6 is 0 Å². The highest BCUT2D eigenvalue weighted by molar-refractivity contribution is 5.25. The Morgan fingerprint density at radius 3 is 2.56 bits per heavy atom. The van der Waals surface area contributed by atoms with Crippen molar-refractivity contribution in [3.63, 3.8) is 0 Å². The first-order valence-electron chi connectivity index (χ1n) is 4.90. The molecule has 0 saturated heterocycles. The third-order valence-corrected chi connectivity index (χ3v) is 2.18. The molecule has 0 amide bonds. The van der Waals surface area contributed by atoms with Crippen LogP contribution in [0.15, 0.2) is 24.3 Å². The zero-order chi connectivity index (χ0) is 12.2. The average Bonchev–Trinajstić information content (AvgIpc) is 2.17. The van der Waals surface area contributed by atoms with Crippen molar-refractivity contribution in [1.82, 2.24) is 5.32 Å². The van der Waals surface area contributed by atoms with Crippen LogP contribution in [0.5, 0.6) is 0 Å². The molecule has 0 aromatic heterocycles. The summed E-state index contributed by atoms with van der Waals surface area (Å²) in [6.07, 6.45) is -4.27. The van der Waals surface area contributed by atoms with Gasteiger partial charge in [0.15, 0.2) is 0 Å². The predicted molar refractivity (Wildman–Crippen MR) is 55.1 cm³/mol. The number of hydrogen-bond acceptors (Lipinski definition) is 2. The van der Waals surface area contributed by atoms with Crippen LogP contribution in [0.4, 0.5) is 13.2 Å². The van der Waals surface area contributed by atoms with Crippen LogP contribution in [-0.2, 0) is 0 Å². The van der Waals surface area contributed by atoms with Crippen molar-refractivity contribution in [3.05, 3.63) is 35.4 Å². The summed E-state index contributed by atoms with van der Waals surface area (Å²) in [4.78, 5) is 0. The van der Waals surface area contributed by atoms with E-state index in [1.54, 1.807) is 18.2 Å². The lowest BCUT2D eigenvalue weighted by Crippen LogP contribution is -2.33. The minimum Gasteiger partial charge on any atom is -0.394 e. The SMILES string of the molecule is Cc1cccc(C(CO)NCC(F)(F)F)c1. The Balaban J connectivity index is 2.68. The molecule has 1 unspecified atom stereocenters. The maximum atomic E-state index is 12.0. The lowest BCUT2D eigenvalue weighted by atomic mass is 10.1.